The number of nitrogens with one attached hydrogen (secondary N) is 1. The largest absolute Gasteiger partial charge is 0.501 e. The smallest absolute Gasteiger partial charge is 0.332 e. The molecule has 0 bridgehead atoms. The SMILES string of the molecule is N#Cc1ccc(NS)cc1S(=O)(=O)C(F)(F)F. The van der Waals surface area contributed by atoms with Gasteiger partial charge in [0.1, 0.15) is 6.07 Å². The molecular formula is C8H5F3N2O2S2. The maximum atomic E-state index is 12.3. The van der Waals surface area contributed by atoms with E-state index in [-0.39, 0.29) is 5.69 Å². The molecule has 92 valence electrons. The first kappa shape index (κ1) is 13.7. The van der Waals surface area contributed by atoms with Gasteiger partial charge in [-0.3, -0.25) is 0 Å². The Kier molecular flexibility index (Phi) is 3.59. The predicted molar refractivity (Wildman–Crippen MR) is 57.0 cm³/mol. The summed E-state index contributed by atoms with van der Waals surface area (Å²) in [5.41, 5.74) is -5.99. The summed E-state index contributed by atoms with van der Waals surface area (Å²) >= 11 is 3.58. The van der Waals surface area contributed by atoms with Crippen LogP contribution in [0.1, 0.15) is 5.56 Å². The fourth-order valence-corrected chi connectivity index (χ4v) is 2.11. The van der Waals surface area contributed by atoms with Crippen molar-refractivity contribution in [1.82, 2.24) is 0 Å². The topological polar surface area (TPSA) is 70.0 Å². The number of thiol groups is 1. The number of halogens is 3. The summed E-state index contributed by atoms with van der Waals surface area (Å²) in [6.07, 6.45) is 0. The second kappa shape index (κ2) is 4.46. The van der Waals surface area contributed by atoms with E-state index < -0.39 is 25.8 Å². The van der Waals surface area contributed by atoms with Crippen molar-refractivity contribution in [3.8, 4) is 6.07 Å². The van der Waals surface area contributed by atoms with E-state index in [2.05, 4.69) is 17.5 Å². The second-order valence-electron chi connectivity index (χ2n) is 2.88. The van der Waals surface area contributed by atoms with Gasteiger partial charge in [0.25, 0.3) is 9.84 Å². The van der Waals surface area contributed by atoms with Crippen LogP contribution in [0.5, 0.6) is 0 Å². The second-order valence-corrected chi connectivity index (χ2v) is 5.02. The third-order valence-corrected chi connectivity index (χ3v) is 3.61. The number of alkyl halides is 3. The molecule has 1 N–H and O–H groups in total. The van der Waals surface area contributed by atoms with E-state index in [1.807, 2.05) is 0 Å². The summed E-state index contributed by atoms with van der Waals surface area (Å²) in [6, 6.07) is 4.30. The van der Waals surface area contributed by atoms with Crippen molar-refractivity contribution in [2.24, 2.45) is 0 Å². The molecule has 0 unspecified atom stereocenters. The number of anilines is 1. The van der Waals surface area contributed by atoms with Crippen molar-refractivity contribution in [3.63, 3.8) is 0 Å². The molecule has 1 aromatic rings. The van der Waals surface area contributed by atoms with Crippen molar-refractivity contribution < 1.29 is 21.6 Å². The van der Waals surface area contributed by atoms with Gasteiger partial charge in [-0.2, -0.15) is 18.4 Å². The minimum atomic E-state index is -5.55. The fourth-order valence-electron chi connectivity index (χ4n) is 1.03. The minimum Gasteiger partial charge on any atom is -0.332 e. The van der Waals surface area contributed by atoms with Crippen molar-refractivity contribution in [3.05, 3.63) is 23.8 Å². The maximum Gasteiger partial charge on any atom is 0.501 e. The highest BCUT2D eigenvalue weighted by molar-refractivity contribution is 7.92. The number of rotatable bonds is 2. The van der Waals surface area contributed by atoms with Crippen LogP contribution in [0.3, 0.4) is 0 Å². The average Bonchev–Trinajstić information content (AvgIpc) is 2.26. The van der Waals surface area contributed by atoms with Crippen LogP contribution in [0, 0.1) is 11.3 Å². The fraction of sp³-hybridized carbons (Fsp3) is 0.125. The molecule has 0 aromatic heterocycles. The molecule has 4 nitrogen and oxygen atoms in total. The molecule has 0 aliphatic carbocycles. The van der Waals surface area contributed by atoms with Crippen LogP contribution < -0.4 is 4.72 Å². The molecule has 1 aromatic carbocycles. The number of hydrogen-bond donors (Lipinski definition) is 2. The van der Waals surface area contributed by atoms with Gasteiger partial charge in [-0.1, -0.05) is 12.8 Å². The summed E-state index contributed by atoms with van der Waals surface area (Å²) < 4.78 is 61.5. The number of hydrogen-bond acceptors (Lipinski definition) is 5. The van der Waals surface area contributed by atoms with Gasteiger partial charge >= 0.3 is 5.51 Å². The molecule has 17 heavy (non-hydrogen) atoms. The van der Waals surface area contributed by atoms with Crippen LogP contribution in [-0.2, 0) is 9.84 Å². The van der Waals surface area contributed by atoms with E-state index in [1.165, 1.54) is 12.1 Å². The molecule has 0 atom stereocenters. The molecule has 0 fully saturated rings. The van der Waals surface area contributed by atoms with Gasteiger partial charge in [0.15, 0.2) is 0 Å². The van der Waals surface area contributed by atoms with E-state index in [1.54, 1.807) is 0 Å². The monoisotopic (exact) mass is 282 g/mol. The molecule has 0 saturated heterocycles. The summed E-state index contributed by atoms with van der Waals surface area (Å²) in [4.78, 5) is -1.09. The lowest BCUT2D eigenvalue weighted by Gasteiger charge is -2.10. The highest BCUT2D eigenvalue weighted by atomic mass is 32.2. The lowest BCUT2D eigenvalue weighted by Crippen LogP contribution is -2.24. The van der Waals surface area contributed by atoms with Crippen molar-refractivity contribution in [2.45, 2.75) is 10.4 Å². The van der Waals surface area contributed by atoms with Gasteiger partial charge in [-0.15, -0.1) is 0 Å². The normalized spacial score (nSPS) is 11.9. The van der Waals surface area contributed by atoms with Gasteiger partial charge < -0.3 is 4.72 Å². The zero-order chi connectivity index (χ0) is 13.3. The highest BCUT2D eigenvalue weighted by Gasteiger charge is 2.48. The van der Waals surface area contributed by atoms with Gasteiger partial charge in [-0.05, 0) is 18.2 Å². The summed E-state index contributed by atoms with van der Waals surface area (Å²) in [5.74, 6) is 0. The molecule has 0 heterocycles. The van der Waals surface area contributed by atoms with Gasteiger partial charge in [0, 0.05) is 5.69 Å². The number of nitrogens with zero attached hydrogens (tertiary/aromatic N) is 1. The molecule has 0 amide bonds. The van der Waals surface area contributed by atoms with Crippen LogP contribution in [0.2, 0.25) is 0 Å². The lowest BCUT2D eigenvalue weighted by molar-refractivity contribution is -0.0436. The van der Waals surface area contributed by atoms with Crippen LogP contribution in [-0.4, -0.2) is 13.9 Å². The van der Waals surface area contributed by atoms with E-state index >= 15 is 0 Å². The van der Waals surface area contributed by atoms with Gasteiger partial charge in [0.2, 0.25) is 0 Å². The first-order valence-corrected chi connectivity index (χ1v) is 5.92. The van der Waals surface area contributed by atoms with Gasteiger partial charge in [-0.25, -0.2) is 8.42 Å². The molecule has 0 aliphatic heterocycles. The van der Waals surface area contributed by atoms with Gasteiger partial charge in [0.05, 0.1) is 10.5 Å². The Morgan fingerprint density at radius 3 is 2.35 bits per heavy atom. The summed E-state index contributed by atoms with van der Waals surface area (Å²) in [5, 5.41) is 8.59. The van der Waals surface area contributed by atoms with Crippen molar-refractivity contribution in [2.75, 3.05) is 4.72 Å². The first-order valence-electron chi connectivity index (χ1n) is 3.99. The Morgan fingerprint density at radius 1 is 1.35 bits per heavy atom. The van der Waals surface area contributed by atoms with E-state index in [0.29, 0.717) is 6.07 Å². The lowest BCUT2D eigenvalue weighted by atomic mass is 10.2. The molecule has 0 saturated carbocycles. The van der Waals surface area contributed by atoms with Crippen molar-refractivity contribution >= 4 is 28.3 Å². The average molecular weight is 282 g/mol. The maximum absolute atomic E-state index is 12.3. The molecule has 0 radical (unpaired) electrons. The summed E-state index contributed by atoms with van der Waals surface area (Å²) in [7, 11) is -5.55. The Hall–Kier alpha value is -1.40. The standard InChI is InChI=1S/C8H5F3N2O2S2/c9-8(10,11)17(14,15)7-3-6(13-16)2-1-5(7)4-12/h1-3,13,16H. The Morgan fingerprint density at radius 2 is 1.94 bits per heavy atom. The number of nitriles is 1. The molecule has 1 rings (SSSR count). The van der Waals surface area contributed by atoms with Crippen LogP contribution >= 0.6 is 12.8 Å². The third kappa shape index (κ3) is 2.48. The Labute approximate surface area is 101 Å². The molecular weight excluding hydrogens is 277 g/mol. The zero-order valence-corrected chi connectivity index (χ0v) is 9.70. The van der Waals surface area contributed by atoms with Crippen LogP contribution in [0.4, 0.5) is 18.9 Å². The quantitative estimate of drug-likeness (QED) is 0.815. The van der Waals surface area contributed by atoms with E-state index in [0.717, 1.165) is 6.07 Å². The van der Waals surface area contributed by atoms with Crippen LogP contribution in [0.25, 0.3) is 0 Å². The van der Waals surface area contributed by atoms with Crippen LogP contribution in [0.15, 0.2) is 23.1 Å². The first-order chi connectivity index (χ1) is 7.74. The number of benzene rings is 1. The van der Waals surface area contributed by atoms with E-state index in [9.17, 15) is 21.6 Å². The predicted octanol–water partition coefficient (Wildman–Crippen LogP) is 2.11. The minimum absolute atomic E-state index is 0.0372. The summed E-state index contributed by atoms with van der Waals surface area (Å²) in [6.45, 7) is 0. The number of sulfone groups is 1. The zero-order valence-electron chi connectivity index (χ0n) is 7.99. The third-order valence-electron chi connectivity index (χ3n) is 1.83. The molecule has 0 spiro atoms. The molecule has 9 heteroatoms. The molecule has 0 aliphatic rings. The Balaban J connectivity index is 3.56. The van der Waals surface area contributed by atoms with E-state index in [4.69, 9.17) is 5.26 Å². The Bertz CT molecular complexity index is 575. The van der Waals surface area contributed by atoms with Crippen molar-refractivity contribution in [1.29, 1.82) is 5.26 Å². The highest BCUT2D eigenvalue weighted by Crippen LogP contribution is 2.33.